The van der Waals surface area contributed by atoms with E-state index in [0.29, 0.717) is 10.9 Å². The number of hydrogen-bond acceptors (Lipinski definition) is 4. The zero-order chi connectivity index (χ0) is 21.6. The van der Waals surface area contributed by atoms with Crippen molar-refractivity contribution in [1.82, 2.24) is 0 Å². The van der Waals surface area contributed by atoms with Crippen LogP contribution in [0.4, 0.5) is 0 Å². The zero-order valence-corrected chi connectivity index (χ0v) is 19.7. The van der Waals surface area contributed by atoms with Crippen LogP contribution in [0.3, 0.4) is 0 Å². The van der Waals surface area contributed by atoms with Crippen molar-refractivity contribution in [3.63, 3.8) is 0 Å². The van der Waals surface area contributed by atoms with Crippen molar-refractivity contribution in [1.29, 1.82) is 0 Å². The number of unbranched alkanes of at least 4 members (excludes halogenated alkanes) is 10. The Morgan fingerprint density at radius 2 is 1.39 bits per heavy atom. The molecule has 0 aromatic carbocycles. The summed E-state index contributed by atoms with van der Waals surface area (Å²) in [5.41, 5.74) is 0. The predicted molar refractivity (Wildman–Crippen MR) is 113 cm³/mol. The predicted octanol–water partition coefficient (Wildman–Crippen LogP) is 4.24. The first-order valence-electron chi connectivity index (χ1n) is 11.0. The van der Waals surface area contributed by atoms with Crippen LogP contribution in [0, 0.1) is 0 Å². The monoisotopic (exact) mass is 421 g/mol. The van der Waals surface area contributed by atoms with Gasteiger partial charge in [-0.05, 0) is 13.3 Å². The molecule has 0 radical (unpaired) electrons. The van der Waals surface area contributed by atoms with E-state index in [4.69, 9.17) is 4.74 Å². The molecule has 0 fully saturated rings. The number of likely N-dealkylation sites (N-methyl/N-ethyl adjacent to an activating group) is 1. The largest absolute Gasteiger partial charge is 0.779 e. The lowest BCUT2D eigenvalue weighted by Gasteiger charge is -2.37. The van der Waals surface area contributed by atoms with E-state index in [1.54, 1.807) is 0 Å². The van der Waals surface area contributed by atoms with Gasteiger partial charge in [0.2, 0.25) is 0 Å². The van der Waals surface area contributed by atoms with E-state index in [1.807, 2.05) is 28.1 Å². The second-order valence-electron chi connectivity index (χ2n) is 8.99. The third kappa shape index (κ3) is 15.5. The van der Waals surface area contributed by atoms with Gasteiger partial charge in [0.15, 0.2) is 6.10 Å². The number of ether oxygens (including phenoxy) is 1. The minimum Gasteiger partial charge on any atom is -0.779 e. The molecule has 168 valence electrons. The summed E-state index contributed by atoms with van der Waals surface area (Å²) < 4.78 is 17.2. The van der Waals surface area contributed by atoms with Gasteiger partial charge in [-0.3, -0.25) is 4.79 Å². The molecule has 0 aliphatic heterocycles. The molecule has 0 heterocycles. The normalized spacial score (nSPS) is 16.4. The van der Waals surface area contributed by atoms with Crippen molar-refractivity contribution in [3.8, 4) is 0 Å². The maximum atomic E-state index is 12.1. The fourth-order valence-electron chi connectivity index (χ4n) is 3.18. The van der Waals surface area contributed by atoms with Crippen LogP contribution >= 0.6 is 7.60 Å². The highest BCUT2D eigenvalue weighted by Gasteiger charge is 2.33. The molecule has 0 saturated carbocycles. The SMILES string of the molecule is CCCCCCCCCCCCCC(=O)O[C@@H](CP(=O)([O-])O)[C@@H](C)[N+](C)(C)C. The molecule has 0 rings (SSSR count). The Kier molecular flexibility index (Phi) is 14.3. The molecule has 0 aliphatic carbocycles. The highest BCUT2D eigenvalue weighted by molar-refractivity contribution is 7.50. The Bertz CT molecular complexity index is 458. The average Bonchev–Trinajstić information content (AvgIpc) is 2.56. The number of hydrogen-bond donors (Lipinski definition) is 1. The van der Waals surface area contributed by atoms with Crippen LogP contribution in [0.15, 0.2) is 0 Å². The summed E-state index contributed by atoms with van der Waals surface area (Å²) in [5.74, 6) is -0.380. The van der Waals surface area contributed by atoms with Gasteiger partial charge < -0.3 is 23.6 Å². The summed E-state index contributed by atoms with van der Waals surface area (Å²) in [5, 5.41) is 0. The molecule has 28 heavy (non-hydrogen) atoms. The number of esters is 1. The Balaban J connectivity index is 4.01. The first-order chi connectivity index (χ1) is 13.0. The molecule has 0 bridgehead atoms. The van der Waals surface area contributed by atoms with Crippen LogP contribution in [0.25, 0.3) is 0 Å². The van der Waals surface area contributed by atoms with Gasteiger partial charge in [0, 0.05) is 6.42 Å². The second kappa shape index (κ2) is 14.5. The van der Waals surface area contributed by atoms with E-state index in [0.717, 1.165) is 19.3 Å². The molecule has 0 saturated heterocycles. The number of nitrogens with zero attached hydrogens (tertiary/aromatic N) is 1. The Hall–Kier alpha value is -0.420. The quantitative estimate of drug-likeness (QED) is 0.164. The van der Waals surface area contributed by atoms with Gasteiger partial charge in [0.05, 0.1) is 27.3 Å². The van der Waals surface area contributed by atoms with Gasteiger partial charge in [0.1, 0.15) is 13.6 Å². The lowest BCUT2D eigenvalue weighted by atomic mass is 10.1. The molecule has 3 atom stereocenters. The summed E-state index contributed by atoms with van der Waals surface area (Å²) in [4.78, 5) is 32.6. The van der Waals surface area contributed by atoms with Gasteiger partial charge >= 0.3 is 5.97 Å². The van der Waals surface area contributed by atoms with E-state index in [9.17, 15) is 19.1 Å². The van der Waals surface area contributed by atoms with E-state index in [-0.39, 0.29) is 12.0 Å². The molecule has 0 amide bonds. The van der Waals surface area contributed by atoms with Gasteiger partial charge in [-0.1, -0.05) is 71.1 Å². The van der Waals surface area contributed by atoms with Crippen molar-refractivity contribution < 1.29 is 28.4 Å². The van der Waals surface area contributed by atoms with Gasteiger partial charge in [-0.25, -0.2) is 0 Å². The molecule has 0 aromatic rings. The molecular formula is C21H44NO5P. The fourth-order valence-corrected chi connectivity index (χ4v) is 4.01. The van der Waals surface area contributed by atoms with Crippen molar-refractivity contribution >= 4 is 13.6 Å². The van der Waals surface area contributed by atoms with Gasteiger partial charge in [-0.15, -0.1) is 0 Å². The molecule has 1 N–H and O–H groups in total. The van der Waals surface area contributed by atoms with Crippen molar-refractivity contribution in [3.05, 3.63) is 0 Å². The first kappa shape index (κ1) is 27.6. The van der Waals surface area contributed by atoms with Crippen molar-refractivity contribution in [2.45, 2.75) is 103 Å². The van der Waals surface area contributed by atoms with Crippen LogP contribution in [0.1, 0.15) is 90.9 Å². The zero-order valence-electron chi connectivity index (χ0n) is 18.8. The Morgan fingerprint density at radius 1 is 0.964 bits per heavy atom. The van der Waals surface area contributed by atoms with Crippen LogP contribution in [0.2, 0.25) is 0 Å². The van der Waals surface area contributed by atoms with Crippen LogP contribution in [-0.2, 0) is 14.1 Å². The maximum absolute atomic E-state index is 12.1. The topological polar surface area (TPSA) is 86.7 Å². The third-order valence-corrected chi connectivity index (χ3v) is 6.26. The van der Waals surface area contributed by atoms with E-state index >= 15 is 0 Å². The summed E-state index contributed by atoms with van der Waals surface area (Å²) in [6, 6.07) is -0.240. The van der Waals surface area contributed by atoms with E-state index in [2.05, 4.69) is 6.92 Å². The number of quaternary nitrogens is 1. The molecule has 0 aromatic heterocycles. The van der Waals surface area contributed by atoms with E-state index < -0.39 is 19.9 Å². The summed E-state index contributed by atoms with van der Waals surface area (Å²) in [6.45, 7) is 4.06. The smallest absolute Gasteiger partial charge is 0.306 e. The Morgan fingerprint density at radius 3 is 1.79 bits per heavy atom. The molecular weight excluding hydrogens is 377 g/mol. The maximum Gasteiger partial charge on any atom is 0.306 e. The highest BCUT2D eigenvalue weighted by atomic mass is 31.2. The summed E-state index contributed by atoms with van der Waals surface area (Å²) in [7, 11) is 1.22. The standard InChI is InChI=1S/C21H44NO5P/c1-6-7-8-9-10-11-12-13-14-15-16-17-21(23)27-20(18-28(24,25)26)19(2)22(3,4)5/h19-20H,6-18H2,1-5H3,(H-,24,25,26)/t19-,20+/m1/s1. The molecule has 0 spiro atoms. The first-order valence-corrected chi connectivity index (χ1v) is 12.8. The molecule has 1 unspecified atom stereocenters. The van der Waals surface area contributed by atoms with Crippen LogP contribution in [0.5, 0.6) is 0 Å². The van der Waals surface area contributed by atoms with Crippen molar-refractivity contribution in [2.75, 3.05) is 27.3 Å². The van der Waals surface area contributed by atoms with E-state index in [1.165, 1.54) is 51.4 Å². The minimum absolute atomic E-state index is 0.240. The second-order valence-corrected chi connectivity index (χ2v) is 10.6. The third-order valence-electron chi connectivity index (χ3n) is 5.44. The lowest BCUT2D eigenvalue weighted by Crippen LogP contribution is -2.52. The number of rotatable bonds is 17. The van der Waals surface area contributed by atoms with Crippen molar-refractivity contribution in [2.24, 2.45) is 0 Å². The summed E-state index contributed by atoms with van der Waals surface area (Å²) in [6.07, 6.45) is 12.2. The fraction of sp³-hybridized carbons (Fsp3) is 0.952. The van der Waals surface area contributed by atoms with Crippen LogP contribution < -0.4 is 4.89 Å². The highest BCUT2D eigenvalue weighted by Crippen LogP contribution is 2.33. The molecule has 6 nitrogen and oxygen atoms in total. The minimum atomic E-state index is -4.50. The molecule has 7 heteroatoms. The Labute approximate surface area is 172 Å². The average molecular weight is 422 g/mol. The van der Waals surface area contributed by atoms with Gasteiger partial charge in [-0.2, -0.15) is 0 Å². The summed E-state index contributed by atoms with van der Waals surface area (Å²) >= 11 is 0. The number of carbonyl (C=O) groups excluding carboxylic acids is 1. The number of carbonyl (C=O) groups is 1. The van der Waals surface area contributed by atoms with Crippen LogP contribution in [-0.4, -0.2) is 54.8 Å². The van der Waals surface area contributed by atoms with Gasteiger partial charge in [0.25, 0.3) is 0 Å². The lowest BCUT2D eigenvalue weighted by molar-refractivity contribution is -0.897. The molecule has 0 aliphatic rings.